The molecule has 0 N–H and O–H groups in total. The number of anilines is 3. The quantitative estimate of drug-likeness (QED) is 0.150. The summed E-state index contributed by atoms with van der Waals surface area (Å²) in [5.74, 6) is 0. The monoisotopic (exact) mass is 637 g/mol. The van der Waals surface area contributed by atoms with Crippen LogP contribution in [0.2, 0.25) is 0 Å². The molecule has 244 valence electrons. The number of benzene rings is 6. The first-order chi connectivity index (χ1) is 23.7. The lowest BCUT2D eigenvalue weighted by Gasteiger charge is -2.32. The van der Waals surface area contributed by atoms with Crippen LogP contribution in [0.3, 0.4) is 0 Å². The van der Waals surface area contributed by atoms with E-state index in [1.807, 2.05) is 0 Å². The molecular weight excluding hydrogens is 589 g/mol. The van der Waals surface area contributed by atoms with Crippen LogP contribution in [0.4, 0.5) is 17.1 Å². The van der Waals surface area contributed by atoms with E-state index < -0.39 is 0 Å². The highest BCUT2D eigenvalue weighted by Gasteiger charge is 2.42. The zero-order chi connectivity index (χ0) is 34.4. The Bertz CT molecular complexity index is 2010. The molecule has 0 unspecified atom stereocenters. The van der Waals surface area contributed by atoms with Gasteiger partial charge in [-0.1, -0.05) is 149 Å². The molecule has 0 saturated carbocycles. The van der Waals surface area contributed by atoms with Gasteiger partial charge in [0.2, 0.25) is 6.71 Å². The van der Waals surface area contributed by atoms with Crippen LogP contribution in [0.1, 0.15) is 71.2 Å². The molecule has 0 spiro atoms. The Morgan fingerprint density at radius 1 is 0.469 bits per heavy atom. The predicted octanol–water partition coefficient (Wildman–Crippen LogP) is 10.6. The van der Waals surface area contributed by atoms with Gasteiger partial charge in [0.05, 0.1) is 0 Å². The maximum atomic E-state index is 2.59. The topological polar surface area (TPSA) is 3.24 Å². The smallest absolute Gasteiger partial charge is 0.242 e. The first kappa shape index (κ1) is 32.7. The van der Waals surface area contributed by atoms with Crippen LogP contribution in [0.5, 0.6) is 0 Å². The van der Waals surface area contributed by atoms with E-state index in [4.69, 9.17) is 0 Å². The standard InChI is InChI=1S/C47H48BN/c1-9-47(10-2)43-29-37(48(45-33(5)25-31(3)26-34(45)6)46-35(7)27-32(4)28-36(46)8)21-23-41(43)42-24-22-40(30-44(42)47)49(38-17-13-11-14-18-38)39-19-15-12-16-20-39/h11-30H,9-10H2,1-8H3. The Hall–Kier alpha value is -4.82. The van der Waals surface area contributed by atoms with Crippen molar-refractivity contribution in [2.45, 2.75) is 73.6 Å². The molecular formula is C47H48BN. The number of aryl methyl sites for hydroxylation is 6. The Morgan fingerprint density at radius 2 is 0.898 bits per heavy atom. The van der Waals surface area contributed by atoms with Gasteiger partial charge in [-0.05, 0) is 113 Å². The van der Waals surface area contributed by atoms with E-state index in [2.05, 4.69) is 182 Å². The molecule has 0 radical (unpaired) electrons. The van der Waals surface area contributed by atoms with Crippen LogP contribution >= 0.6 is 0 Å². The fourth-order valence-corrected chi connectivity index (χ4v) is 9.20. The number of fused-ring (bicyclic) bond motifs is 3. The first-order valence-electron chi connectivity index (χ1n) is 18.0. The highest BCUT2D eigenvalue weighted by atomic mass is 15.1. The summed E-state index contributed by atoms with van der Waals surface area (Å²) < 4.78 is 0. The van der Waals surface area contributed by atoms with Crippen LogP contribution in [-0.4, -0.2) is 6.71 Å². The normalized spacial score (nSPS) is 12.8. The fraction of sp³-hybridized carbons (Fsp3) is 0.234. The average Bonchev–Trinajstić information content (AvgIpc) is 3.36. The fourth-order valence-electron chi connectivity index (χ4n) is 9.20. The van der Waals surface area contributed by atoms with Crippen molar-refractivity contribution in [2.24, 2.45) is 0 Å². The summed E-state index contributed by atoms with van der Waals surface area (Å²) in [6.07, 6.45) is 2.09. The number of para-hydroxylation sites is 2. The van der Waals surface area contributed by atoms with Crippen LogP contribution in [-0.2, 0) is 5.41 Å². The molecule has 0 aromatic heterocycles. The van der Waals surface area contributed by atoms with Crippen molar-refractivity contribution in [1.29, 1.82) is 0 Å². The van der Waals surface area contributed by atoms with Gasteiger partial charge in [0, 0.05) is 22.5 Å². The molecule has 0 heterocycles. The van der Waals surface area contributed by atoms with Crippen molar-refractivity contribution in [3.05, 3.63) is 166 Å². The molecule has 0 amide bonds. The van der Waals surface area contributed by atoms with E-state index in [-0.39, 0.29) is 12.1 Å². The van der Waals surface area contributed by atoms with Crippen molar-refractivity contribution >= 4 is 40.2 Å². The van der Waals surface area contributed by atoms with Gasteiger partial charge < -0.3 is 4.90 Å². The van der Waals surface area contributed by atoms with Gasteiger partial charge in [0.25, 0.3) is 0 Å². The lowest BCUT2D eigenvalue weighted by molar-refractivity contribution is 0.491. The number of hydrogen-bond acceptors (Lipinski definition) is 1. The minimum absolute atomic E-state index is 0.0744. The van der Waals surface area contributed by atoms with Gasteiger partial charge in [-0.25, -0.2) is 0 Å². The Balaban J connectivity index is 1.43. The average molecular weight is 638 g/mol. The molecule has 0 saturated heterocycles. The lowest BCUT2D eigenvalue weighted by atomic mass is 9.34. The third-order valence-corrected chi connectivity index (χ3v) is 11.2. The lowest BCUT2D eigenvalue weighted by Crippen LogP contribution is -2.56. The van der Waals surface area contributed by atoms with Crippen molar-refractivity contribution < 1.29 is 0 Å². The van der Waals surface area contributed by atoms with E-state index >= 15 is 0 Å². The second-order valence-corrected chi connectivity index (χ2v) is 14.4. The summed E-state index contributed by atoms with van der Waals surface area (Å²) in [4.78, 5) is 2.40. The van der Waals surface area contributed by atoms with Gasteiger partial charge >= 0.3 is 0 Å². The SMILES string of the molecule is CCC1(CC)c2cc(B(c3c(C)cc(C)cc3C)c3c(C)cc(C)cc3C)ccc2-c2ccc(N(c3ccccc3)c3ccccc3)cc21. The Labute approximate surface area is 294 Å². The molecule has 0 fully saturated rings. The zero-order valence-electron chi connectivity index (χ0n) is 30.5. The summed E-state index contributed by atoms with van der Waals surface area (Å²) in [6, 6.07) is 45.6. The molecule has 0 atom stereocenters. The Kier molecular flexibility index (Phi) is 8.61. The summed E-state index contributed by atoms with van der Waals surface area (Å²) in [5, 5.41) is 0. The first-order valence-corrected chi connectivity index (χ1v) is 18.0. The predicted molar refractivity (Wildman–Crippen MR) is 214 cm³/mol. The summed E-state index contributed by atoms with van der Waals surface area (Å²) in [6.45, 7) is 18.6. The molecule has 1 nitrogen and oxygen atoms in total. The van der Waals surface area contributed by atoms with Gasteiger partial charge in [-0.15, -0.1) is 0 Å². The molecule has 6 aromatic rings. The number of rotatable bonds is 8. The van der Waals surface area contributed by atoms with E-state index in [1.165, 1.54) is 89.1 Å². The maximum Gasteiger partial charge on any atom is 0.242 e. The molecule has 1 aliphatic carbocycles. The summed E-state index contributed by atoms with van der Waals surface area (Å²) >= 11 is 0. The van der Waals surface area contributed by atoms with Crippen LogP contribution < -0.4 is 21.3 Å². The minimum Gasteiger partial charge on any atom is -0.310 e. The number of hydrogen-bond donors (Lipinski definition) is 0. The number of nitrogens with zero attached hydrogens (tertiary/aromatic N) is 1. The maximum absolute atomic E-state index is 2.59. The second-order valence-electron chi connectivity index (χ2n) is 14.4. The van der Waals surface area contributed by atoms with Gasteiger partial charge in [0.1, 0.15) is 0 Å². The van der Waals surface area contributed by atoms with E-state index in [0.717, 1.165) is 12.8 Å². The molecule has 6 aromatic carbocycles. The van der Waals surface area contributed by atoms with Crippen molar-refractivity contribution in [3.8, 4) is 11.1 Å². The highest BCUT2D eigenvalue weighted by molar-refractivity contribution is 6.96. The van der Waals surface area contributed by atoms with Gasteiger partial charge in [-0.3, -0.25) is 0 Å². The molecule has 2 heteroatoms. The van der Waals surface area contributed by atoms with Crippen molar-refractivity contribution in [2.75, 3.05) is 4.90 Å². The van der Waals surface area contributed by atoms with E-state index in [9.17, 15) is 0 Å². The molecule has 0 aliphatic heterocycles. The van der Waals surface area contributed by atoms with Crippen LogP contribution in [0, 0.1) is 41.5 Å². The molecule has 7 rings (SSSR count). The Morgan fingerprint density at radius 3 is 1.35 bits per heavy atom. The second kappa shape index (κ2) is 12.9. The van der Waals surface area contributed by atoms with E-state index in [1.54, 1.807) is 0 Å². The zero-order valence-corrected chi connectivity index (χ0v) is 30.5. The molecule has 1 aliphatic rings. The van der Waals surface area contributed by atoms with E-state index in [0.29, 0.717) is 0 Å². The van der Waals surface area contributed by atoms with Crippen LogP contribution in [0.25, 0.3) is 11.1 Å². The third-order valence-electron chi connectivity index (χ3n) is 11.2. The summed E-state index contributed by atoms with van der Waals surface area (Å²) in [5.41, 5.74) is 21.5. The molecule has 49 heavy (non-hydrogen) atoms. The van der Waals surface area contributed by atoms with Crippen molar-refractivity contribution in [3.63, 3.8) is 0 Å². The van der Waals surface area contributed by atoms with Gasteiger partial charge in [0.15, 0.2) is 0 Å². The highest BCUT2D eigenvalue weighted by Crippen LogP contribution is 2.54. The third kappa shape index (κ3) is 5.52. The van der Waals surface area contributed by atoms with Crippen molar-refractivity contribution in [1.82, 2.24) is 0 Å². The minimum atomic E-state index is -0.0744. The summed E-state index contributed by atoms with van der Waals surface area (Å²) in [7, 11) is 0. The van der Waals surface area contributed by atoms with Crippen LogP contribution in [0.15, 0.2) is 121 Å². The van der Waals surface area contributed by atoms with Gasteiger partial charge in [-0.2, -0.15) is 0 Å². The molecule has 0 bridgehead atoms. The largest absolute Gasteiger partial charge is 0.310 e.